The van der Waals surface area contributed by atoms with Crippen LogP contribution in [0.5, 0.6) is 11.5 Å². The van der Waals surface area contributed by atoms with Gasteiger partial charge in [-0.1, -0.05) is 30.3 Å². The molecular formula is C20H23NO5. The number of carboxylic acids is 1. The highest BCUT2D eigenvalue weighted by molar-refractivity contribution is 5.77. The minimum atomic E-state index is -1.02. The summed E-state index contributed by atoms with van der Waals surface area (Å²) in [7, 11) is 1.71. The van der Waals surface area contributed by atoms with Crippen molar-refractivity contribution in [1.82, 2.24) is 4.90 Å². The van der Waals surface area contributed by atoms with E-state index in [0.717, 1.165) is 22.4 Å². The van der Waals surface area contributed by atoms with E-state index >= 15 is 0 Å². The molecule has 2 aromatic carbocycles. The number of carboxylic acid groups (broad SMARTS) is 1. The van der Waals surface area contributed by atoms with Crippen LogP contribution in [-0.4, -0.2) is 42.1 Å². The number of likely N-dealkylation sites (N-methyl/N-ethyl adjacent to an activating group) is 1. The Labute approximate surface area is 153 Å². The topological polar surface area (TPSA) is 76.1 Å². The standard InChI is InChI=1S/C20H23NO5/c1-14-5-4-6-15(2)20(14)26-12-18(22)21(3)11-16-7-9-17(10-8-16)25-13-19(23)24/h4-10H,11-13H2,1-3H3,(H,23,24). The molecule has 0 aliphatic carbocycles. The van der Waals surface area contributed by atoms with Gasteiger partial charge in [0.25, 0.3) is 5.91 Å². The maximum absolute atomic E-state index is 12.3. The van der Waals surface area contributed by atoms with Crippen molar-refractivity contribution >= 4 is 11.9 Å². The highest BCUT2D eigenvalue weighted by atomic mass is 16.5. The van der Waals surface area contributed by atoms with Crippen molar-refractivity contribution in [3.8, 4) is 11.5 Å². The van der Waals surface area contributed by atoms with Gasteiger partial charge in [-0.2, -0.15) is 0 Å². The van der Waals surface area contributed by atoms with Gasteiger partial charge in [-0.25, -0.2) is 4.79 Å². The summed E-state index contributed by atoms with van der Waals surface area (Å²) in [6.45, 7) is 3.92. The molecule has 0 atom stereocenters. The van der Waals surface area contributed by atoms with Crippen LogP contribution in [0.4, 0.5) is 0 Å². The van der Waals surface area contributed by atoms with Crippen molar-refractivity contribution in [3.05, 3.63) is 59.2 Å². The number of carbonyl (C=O) groups is 2. The predicted molar refractivity (Wildman–Crippen MR) is 97.5 cm³/mol. The number of aryl methyl sites for hydroxylation is 2. The fourth-order valence-corrected chi connectivity index (χ4v) is 2.47. The zero-order valence-corrected chi connectivity index (χ0v) is 15.2. The van der Waals surface area contributed by atoms with Crippen molar-refractivity contribution in [1.29, 1.82) is 0 Å². The fourth-order valence-electron chi connectivity index (χ4n) is 2.47. The van der Waals surface area contributed by atoms with Gasteiger partial charge in [-0.05, 0) is 42.7 Å². The predicted octanol–water partition coefficient (Wildman–Crippen LogP) is 2.80. The van der Waals surface area contributed by atoms with Crippen LogP contribution in [0.25, 0.3) is 0 Å². The van der Waals surface area contributed by atoms with Gasteiger partial charge in [0.2, 0.25) is 0 Å². The lowest BCUT2D eigenvalue weighted by Crippen LogP contribution is -2.31. The molecule has 0 unspecified atom stereocenters. The second kappa shape index (κ2) is 8.89. The summed E-state index contributed by atoms with van der Waals surface area (Å²) in [5, 5.41) is 8.60. The molecule has 0 heterocycles. The minimum absolute atomic E-state index is 0.0258. The molecular weight excluding hydrogens is 334 g/mol. The molecule has 1 amide bonds. The Balaban J connectivity index is 1.87. The van der Waals surface area contributed by atoms with Gasteiger partial charge in [0, 0.05) is 13.6 Å². The van der Waals surface area contributed by atoms with E-state index in [9.17, 15) is 9.59 Å². The van der Waals surface area contributed by atoms with Crippen LogP contribution < -0.4 is 9.47 Å². The number of hydrogen-bond acceptors (Lipinski definition) is 4. The minimum Gasteiger partial charge on any atom is -0.483 e. The molecule has 2 aromatic rings. The summed E-state index contributed by atoms with van der Waals surface area (Å²) >= 11 is 0. The normalized spacial score (nSPS) is 10.3. The van der Waals surface area contributed by atoms with E-state index in [-0.39, 0.29) is 19.1 Å². The monoisotopic (exact) mass is 357 g/mol. The van der Waals surface area contributed by atoms with Crippen LogP contribution in [0.15, 0.2) is 42.5 Å². The number of benzene rings is 2. The second-order valence-corrected chi connectivity index (χ2v) is 6.09. The zero-order chi connectivity index (χ0) is 19.1. The Kier molecular flexibility index (Phi) is 6.60. The third-order valence-corrected chi connectivity index (χ3v) is 3.88. The largest absolute Gasteiger partial charge is 0.483 e. The summed E-state index contributed by atoms with van der Waals surface area (Å²) in [6, 6.07) is 12.8. The summed E-state index contributed by atoms with van der Waals surface area (Å²) < 4.78 is 10.8. The molecule has 1 N–H and O–H groups in total. The van der Waals surface area contributed by atoms with Gasteiger partial charge in [0.05, 0.1) is 0 Å². The third kappa shape index (κ3) is 5.51. The highest BCUT2D eigenvalue weighted by Gasteiger charge is 2.12. The maximum atomic E-state index is 12.3. The summed E-state index contributed by atoms with van der Waals surface area (Å²) in [6.07, 6.45) is 0. The van der Waals surface area contributed by atoms with Gasteiger partial charge >= 0.3 is 5.97 Å². The van der Waals surface area contributed by atoms with E-state index in [1.165, 1.54) is 0 Å². The van der Waals surface area contributed by atoms with Gasteiger partial charge in [-0.15, -0.1) is 0 Å². The Morgan fingerprint density at radius 1 is 0.962 bits per heavy atom. The first kappa shape index (κ1) is 19.3. The molecule has 0 saturated carbocycles. The Morgan fingerprint density at radius 3 is 2.15 bits per heavy atom. The Bertz CT molecular complexity index is 750. The molecule has 0 fully saturated rings. The van der Waals surface area contributed by atoms with Crippen molar-refractivity contribution in [2.24, 2.45) is 0 Å². The second-order valence-electron chi connectivity index (χ2n) is 6.09. The number of para-hydroxylation sites is 1. The van der Waals surface area contributed by atoms with Crippen LogP contribution in [0, 0.1) is 13.8 Å². The number of hydrogen-bond donors (Lipinski definition) is 1. The number of amides is 1. The molecule has 6 heteroatoms. The molecule has 2 rings (SSSR count). The van der Waals surface area contributed by atoms with E-state index in [1.807, 2.05) is 32.0 Å². The number of carbonyl (C=O) groups excluding carboxylic acids is 1. The molecule has 0 saturated heterocycles. The lowest BCUT2D eigenvalue weighted by atomic mass is 10.1. The first-order chi connectivity index (χ1) is 12.4. The van der Waals surface area contributed by atoms with Crippen LogP contribution in [0.3, 0.4) is 0 Å². The summed E-state index contributed by atoms with van der Waals surface area (Å²) in [5.41, 5.74) is 2.91. The van der Waals surface area contributed by atoms with Crippen molar-refractivity contribution < 1.29 is 24.2 Å². The highest BCUT2D eigenvalue weighted by Crippen LogP contribution is 2.22. The van der Waals surface area contributed by atoms with Crippen LogP contribution in [-0.2, 0) is 16.1 Å². The van der Waals surface area contributed by atoms with Crippen LogP contribution in [0.1, 0.15) is 16.7 Å². The first-order valence-corrected chi connectivity index (χ1v) is 8.23. The quantitative estimate of drug-likeness (QED) is 0.786. The Hall–Kier alpha value is -3.02. The molecule has 0 radical (unpaired) electrons. The molecule has 0 aliphatic rings. The molecule has 0 aromatic heterocycles. The molecule has 0 bridgehead atoms. The van der Waals surface area contributed by atoms with E-state index in [0.29, 0.717) is 12.3 Å². The summed E-state index contributed by atoms with van der Waals surface area (Å²) in [5.74, 6) is 0.0693. The molecule has 6 nitrogen and oxygen atoms in total. The average molecular weight is 357 g/mol. The van der Waals surface area contributed by atoms with Gasteiger partial charge < -0.3 is 19.5 Å². The van der Waals surface area contributed by atoms with Gasteiger partial charge in [0.1, 0.15) is 11.5 Å². The molecule has 0 aliphatic heterocycles. The molecule has 138 valence electrons. The number of nitrogens with zero attached hydrogens (tertiary/aromatic N) is 1. The SMILES string of the molecule is Cc1cccc(C)c1OCC(=O)N(C)Cc1ccc(OCC(=O)O)cc1. The van der Waals surface area contributed by atoms with Gasteiger partial charge in [0.15, 0.2) is 13.2 Å². The van der Waals surface area contributed by atoms with Gasteiger partial charge in [-0.3, -0.25) is 4.79 Å². The van der Waals surface area contributed by atoms with Crippen LogP contribution in [0.2, 0.25) is 0 Å². The van der Waals surface area contributed by atoms with E-state index in [2.05, 4.69) is 0 Å². The first-order valence-electron chi connectivity index (χ1n) is 8.23. The maximum Gasteiger partial charge on any atom is 0.341 e. The van der Waals surface area contributed by atoms with Crippen molar-refractivity contribution in [3.63, 3.8) is 0 Å². The van der Waals surface area contributed by atoms with Crippen LogP contribution >= 0.6 is 0 Å². The number of ether oxygens (including phenoxy) is 2. The molecule has 0 spiro atoms. The lowest BCUT2D eigenvalue weighted by molar-refractivity contribution is -0.139. The molecule has 26 heavy (non-hydrogen) atoms. The smallest absolute Gasteiger partial charge is 0.341 e. The van der Waals surface area contributed by atoms with E-state index < -0.39 is 5.97 Å². The third-order valence-electron chi connectivity index (χ3n) is 3.88. The zero-order valence-electron chi connectivity index (χ0n) is 15.2. The summed E-state index contributed by atoms with van der Waals surface area (Å²) in [4.78, 5) is 24.4. The van der Waals surface area contributed by atoms with Crippen molar-refractivity contribution in [2.75, 3.05) is 20.3 Å². The van der Waals surface area contributed by atoms with E-state index in [4.69, 9.17) is 14.6 Å². The average Bonchev–Trinajstić information content (AvgIpc) is 2.60. The Morgan fingerprint density at radius 2 is 1.58 bits per heavy atom. The van der Waals surface area contributed by atoms with Crippen molar-refractivity contribution in [2.45, 2.75) is 20.4 Å². The number of rotatable bonds is 8. The van der Waals surface area contributed by atoms with E-state index in [1.54, 1.807) is 36.2 Å². The fraction of sp³-hybridized carbons (Fsp3) is 0.300. The lowest BCUT2D eigenvalue weighted by Gasteiger charge is -2.19. The number of aliphatic carboxylic acids is 1.